The van der Waals surface area contributed by atoms with E-state index < -0.39 is 40.6 Å². The van der Waals surface area contributed by atoms with Gasteiger partial charge in [-0.25, -0.2) is 9.59 Å². The van der Waals surface area contributed by atoms with Gasteiger partial charge in [-0.1, -0.05) is 39.8 Å². The standard InChI is InChI=1S/C23H40N2O7/c1-15(2)14-29-12-10-24-19(27)31-16-22(6,7)17(23(16,8)9)32-20(28)25-11-13-30-18(26)21(3,4)5/h16-17H,1,10-14H2,2-9H3,(H,24,27)(H,25,28). The van der Waals surface area contributed by atoms with Crippen molar-refractivity contribution in [3.8, 4) is 0 Å². The molecule has 0 heterocycles. The number of hydrogen-bond donors (Lipinski definition) is 2. The highest BCUT2D eigenvalue weighted by Crippen LogP contribution is 2.57. The summed E-state index contributed by atoms with van der Waals surface area (Å²) in [5, 5.41) is 5.25. The number of ether oxygens (including phenoxy) is 4. The molecule has 2 amide bonds. The predicted octanol–water partition coefficient (Wildman–Crippen LogP) is 3.42. The highest BCUT2D eigenvalue weighted by molar-refractivity contribution is 5.75. The normalized spacial score (nSPS) is 21.0. The van der Waals surface area contributed by atoms with Crippen LogP contribution in [0.15, 0.2) is 12.2 Å². The summed E-state index contributed by atoms with van der Waals surface area (Å²) in [7, 11) is 0. The number of carbonyl (C=O) groups excluding carboxylic acids is 3. The minimum absolute atomic E-state index is 0.0602. The van der Waals surface area contributed by atoms with Crippen LogP contribution in [0.5, 0.6) is 0 Å². The molecule has 0 saturated heterocycles. The fraction of sp³-hybridized carbons (Fsp3) is 0.783. The second-order valence-corrected chi connectivity index (χ2v) is 10.5. The van der Waals surface area contributed by atoms with Crippen molar-refractivity contribution in [3.05, 3.63) is 12.2 Å². The summed E-state index contributed by atoms with van der Waals surface area (Å²) >= 11 is 0. The second-order valence-electron chi connectivity index (χ2n) is 10.5. The SMILES string of the molecule is C=C(C)COCCNC(=O)OC1C(C)(C)C(OC(=O)NCCOC(=O)C(C)(C)C)C1(C)C. The van der Waals surface area contributed by atoms with E-state index in [9.17, 15) is 14.4 Å². The number of rotatable bonds is 10. The Bertz CT molecular complexity index is 679. The fourth-order valence-corrected chi connectivity index (χ4v) is 3.99. The molecule has 0 spiro atoms. The van der Waals surface area contributed by atoms with E-state index in [0.717, 1.165) is 5.57 Å². The molecule has 0 unspecified atom stereocenters. The van der Waals surface area contributed by atoms with Gasteiger partial charge in [-0.2, -0.15) is 0 Å². The minimum Gasteiger partial charge on any atom is -0.463 e. The summed E-state index contributed by atoms with van der Waals surface area (Å²) in [6.45, 7) is 19.7. The van der Waals surface area contributed by atoms with Crippen LogP contribution in [0.2, 0.25) is 0 Å². The highest BCUT2D eigenvalue weighted by Gasteiger charge is 2.66. The Labute approximate surface area is 191 Å². The molecule has 1 fully saturated rings. The number of carbonyl (C=O) groups is 3. The molecule has 1 saturated carbocycles. The molecule has 2 N–H and O–H groups in total. The molecule has 0 aliphatic heterocycles. The number of amides is 2. The van der Waals surface area contributed by atoms with Gasteiger partial charge in [0, 0.05) is 17.4 Å². The third-order valence-electron chi connectivity index (χ3n) is 5.23. The van der Waals surface area contributed by atoms with E-state index in [0.29, 0.717) is 19.8 Å². The molecule has 1 aliphatic rings. The lowest BCUT2D eigenvalue weighted by atomic mass is 9.51. The third kappa shape index (κ3) is 7.69. The maximum Gasteiger partial charge on any atom is 0.407 e. The van der Waals surface area contributed by atoms with E-state index in [4.69, 9.17) is 18.9 Å². The van der Waals surface area contributed by atoms with Gasteiger partial charge in [0.25, 0.3) is 0 Å². The van der Waals surface area contributed by atoms with E-state index >= 15 is 0 Å². The van der Waals surface area contributed by atoms with E-state index in [1.54, 1.807) is 20.8 Å². The summed E-state index contributed by atoms with van der Waals surface area (Å²) in [4.78, 5) is 36.1. The number of hydrogen-bond acceptors (Lipinski definition) is 7. The Morgan fingerprint density at radius 2 is 1.31 bits per heavy atom. The van der Waals surface area contributed by atoms with Gasteiger partial charge in [-0.05, 0) is 27.7 Å². The van der Waals surface area contributed by atoms with Crippen LogP contribution in [-0.2, 0) is 23.7 Å². The number of esters is 1. The van der Waals surface area contributed by atoms with Crippen molar-refractivity contribution in [1.29, 1.82) is 0 Å². The van der Waals surface area contributed by atoms with E-state index in [2.05, 4.69) is 17.2 Å². The number of alkyl carbamates (subject to hydrolysis) is 2. The molecule has 0 radical (unpaired) electrons. The van der Waals surface area contributed by atoms with Gasteiger partial charge in [0.05, 0.1) is 25.2 Å². The topological polar surface area (TPSA) is 112 Å². The van der Waals surface area contributed by atoms with Crippen LogP contribution in [-0.4, -0.2) is 63.3 Å². The lowest BCUT2D eigenvalue weighted by Crippen LogP contribution is -2.70. The third-order valence-corrected chi connectivity index (χ3v) is 5.23. The van der Waals surface area contributed by atoms with Crippen LogP contribution < -0.4 is 10.6 Å². The fourth-order valence-electron chi connectivity index (χ4n) is 3.99. The molecule has 0 aromatic carbocycles. The van der Waals surface area contributed by atoms with E-state index in [1.165, 1.54) is 0 Å². The van der Waals surface area contributed by atoms with Crippen molar-refractivity contribution < 1.29 is 33.3 Å². The van der Waals surface area contributed by atoms with E-state index in [-0.39, 0.29) is 19.1 Å². The molecule has 1 rings (SSSR count). The van der Waals surface area contributed by atoms with Gasteiger partial charge in [-0.15, -0.1) is 0 Å². The zero-order chi connectivity index (χ0) is 24.7. The first kappa shape index (κ1) is 27.7. The van der Waals surface area contributed by atoms with Crippen molar-refractivity contribution in [1.82, 2.24) is 10.6 Å². The second kappa shape index (κ2) is 11.0. The molecular weight excluding hydrogens is 416 g/mol. The quantitative estimate of drug-likeness (QED) is 0.224. The Balaban J connectivity index is 2.44. The van der Waals surface area contributed by atoms with Crippen molar-refractivity contribution in [3.63, 3.8) is 0 Å². The van der Waals surface area contributed by atoms with Gasteiger partial charge in [0.1, 0.15) is 18.8 Å². The minimum atomic E-state index is -0.611. The molecule has 9 heteroatoms. The van der Waals surface area contributed by atoms with E-state index in [1.807, 2.05) is 34.6 Å². The van der Waals surface area contributed by atoms with Crippen molar-refractivity contribution in [2.75, 3.05) is 32.9 Å². The zero-order valence-corrected chi connectivity index (χ0v) is 20.8. The first-order chi connectivity index (χ1) is 14.6. The monoisotopic (exact) mass is 456 g/mol. The lowest BCUT2D eigenvalue weighted by molar-refractivity contribution is -0.244. The average Bonchev–Trinajstić information content (AvgIpc) is 2.65. The van der Waals surface area contributed by atoms with Crippen molar-refractivity contribution in [2.45, 2.75) is 67.6 Å². The number of nitrogens with one attached hydrogen (secondary N) is 2. The van der Waals surface area contributed by atoms with Crippen LogP contribution >= 0.6 is 0 Å². The predicted molar refractivity (Wildman–Crippen MR) is 120 cm³/mol. The molecule has 0 aromatic rings. The van der Waals surface area contributed by atoms with Crippen LogP contribution in [0.3, 0.4) is 0 Å². The molecule has 0 atom stereocenters. The summed E-state index contributed by atoms with van der Waals surface area (Å²) in [5.41, 5.74) is -0.841. The smallest absolute Gasteiger partial charge is 0.407 e. The van der Waals surface area contributed by atoms with Crippen LogP contribution in [0.25, 0.3) is 0 Å². The van der Waals surface area contributed by atoms with Gasteiger partial charge in [0.2, 0.25) is 0 Å². The highest BCUT2D eigenvalue weighted by atomic mass is 16.6. The van der Waals surface area contributed by atoms with Crippen LogP contribution in [0, 0.1) is 16.2 Å². The molecule has 1 aliphatic carbocycles. The Kier molecular flexibility index (Phi) is 9.56. The van der Waals surface area contributed by atoms with Gasteiger partial charge >= 0.3 is 18.2 Å². The Hall–Kier alpha value is -2.29. The summed E-state index contributed by atoms with van der Waals surface area (Å²) < 4.78 is 21.7. The zero-order valence-electron chi connectivity index (χ0n) is 20.8. The average molecular weight is 457 g/mol. The molecule has 32 heavy (non-hydrogen) atoms. The maximum absolute atomic E-state index is 12.2. The molecular formula is C23H40N2O7. The first-order valence-corrected chi connectivity index (χ1v) is 10.9. The largest absolute Gasteiger partial charge is 0.463 e. The van der Waals surface area contributed by atoms with Crippen molar-refractivity contribution in [2.24, 2.45) is 16.2 Å². The lowest BCUT2D eigenvalue weighted by Gasteiger charge is -2.61. The first-order valence-electron chi connectivity index (χ1n) is 10.9. The summed E-state index contributed by atoms with van der Waals surface area (Å²) in [6, 6.07) is 0. The Morgan fingerprint density at radius 3 is 1.72 bits per heavy atom. The Morgan fingerprint density at radius 1 is 0.875 bits per heavy atom. The molecule has 0 aromatic heterocycles. The van der Waals surface area contributed by atoms with Crippen LogP contribution in [0.4, 0.5) is 9.59 Å². The van der Waals surface area contributed by atoms with Gasteiger partial charge in [-0.3, -0.25) is 4.79 Å². The van der Waals surface area contributed by atoms with Crippen LogP contribution in [0.1, 0.15) is 55.4 Å². The summed E-state index contributed by atoms with van der Waals surface area (Å²) in [6.07, 6.45) is -2.07. The summed E-state index contributed by atoms with van der Waals surface area (Å²) in [5.74, 6) is -0.338. The van der Waals surface area contributed by atoms with Crippen molar-refractivity contribution >= 4 is 18.2 Å². The molecule has 9 nitrogen and oxygen atoms in total. The molecule has 0 bridgehead atoms. The molecule has 184 valence electrons. The maximum atomic E-state index is 12.2. The van der Waals surface area contributed by atoms with Gasteiger partial charge < -0.3 is 29.6 Å². The van der Waals surface area contributed by atoms with Gasteiger partial charge in [0.15, 0.2) is 0 Å².